The second-order valence-corrected chi connectivity index (χ2v) is 9.56. The summed E-state index contributed by atoms with van der Waals surface area (Å²) in [4.78, 5) is 5.02. The number of rotatable bonds is 5. The molecule has 1 heterocycles. The molecular formula is C32H21BrFNO. The van der Waals surface area contributed by atoms with E-state index in [0.717, 1.165) is 37.8 Å². The highest BCUT2D eigenvalue weighted by Gasteiger charge is 2.13. The van der Waals surface area contributed by atoms with Gasteiger partial charge in [-0.2, -0.15) is 0 Å². The van der Waals surface area contributed by atoms with Gasteiger partial charge in [-0.05, 0) is 64.4 Å². The number of benzene rings is 5. The fourth-order valence-corrected chi connectivity index (χ4v) is 4.77. The molecule has 0 N–H and O–H groups in total. The maximum atomic E-state index is 14.0. The summed E-state index contributed by atoms with van der Waals surface area (Å²) in [5.74, 6) is 0.433. The molecule has 0 saturated heterocycles. The molecule has 0 aliphatic carbocycles. The minimum Gasteiger partial charge on any atom is -0.489 e. The van der Waals surface area contributed by atoms with Gasteiger partial charge in [0.2, 0.25) is 0 Å². The second-order valence-electron chi connectivity index (χ2n) is 8.65. The van der Waals surface area contributed by atoms with Crippen LogP contribution in [0.5, 0.6) is 5.75 Å². The Morgan fingerprint density at radius 3 is 2.25 bits per heavy atom. The van der Waals surface area contributed by atoms with Crippen LogP contribution >= 0.6 is 15.9 Å². The number of pyridine rings is 1. The third kappa shape index (κ3) is 4.36. The Labute approximate surface area is 217 Å². The van der Waals surface area contributed by atoms with E-state index in [0.29, 0.717) is 11.3 Å². The number of hydrogen-bond acceptors (Lipinski definition) is 2. The lowest BCUT2D eigenvalue weighted by Gasteiger charge is -2.14. The van der Waals surface area contributed by atoms with Crippen molar-refractivity contribution in [2.75, 3.05) is 0 Å². The van der Waals surface area contributed by atoms with Crippen molar-refractivity contribution in [3.8, 4) is 28.1 Å². The Kier molecular flexibility index (Phi) is 5.96. The molecule has 0 atom stereocenters. The lowest BCUT2D eigenvalue weighted by Crippen LogP contribution is -1.98. The fraction of sp³-hybridized carbons (Fsp3) is 0.0312. The van der Waals surface area contributed by atoms with Crippen molar-refractivity contribution in [1.82, 2.24) is 4.98 Å². The molecule has 6 rings (SSSR count). The van der Waals surface area contributed by atoms with E-state index in [2.05, 4.69) is 82.7 Å². The van der Waals surface area contributed by atoms with Crippen molar-refractivity contribution in [1.29, 1.82) is 0 Å². The first-order chi connectivity index (χ1) is 17.7. The van der Waals surface area contributed by atoms with Gasteiger partial charge in [0, 0.05) is 21.0 Å². The normalized spacial score (nSPS) is 11.2. The standard InChI is InChI=1S/C32H21BrFNO/c33-25-14-9-23(10-15-25)31-19-28(32-27-7-3-1-5-21(27)13-18-30(32)35-31)22-11-16-26(17-12-22)36-20-24-6-2-4-8-29(24)34/h1-19H,20H2. The fourth-order valence-electron chi connectivity index (χ4n) is 4.51. The van der Waals surface area contributed by atoms with E-state index >= 15 is 0 Å². The van der Waals surface area contributed by atoms with Crippen molar-refractivity contribution in [3.05, 3.63) is 131 Å². The molecular weight excluding hydrogens is 513 g/mol. The van der Waals surface area contributed by atoms with Crippen LogP contribution in [0.1, 0.15) is 5.56 Å². The van der Waals surface area contributed by atoms with Gasteiger partial charge in [-0.3, -0.25) is 0 Å². The van der Waals surface area contributed by atoms with E-state index in [9.17, 15) is 4.39 Å². The van der Waals surface area contributed by atoms with Crippen molar-refractivity contribution in [3.63, 3.8) is 0 Å². The molecule has 0 aliphatic heterocycles. The van der Waals surface area contributed by atoms with Crippen LogP contribution in [0.15, 0.2) is 120 Å². The smallest absolute Gasteiger partial charge is 0.129 e. The molecule has 174 valence electrons. The van der Waals surface area contributed by atoms with Crippen LogP contribution in [0.3, 0.4) is 0 Å². The molecule has 0 fully saturated rings. The van der Waals surface area contributed by atoms with Crippen molar-refractivity contribution < 1.29 is 9.13 Å². The lowest BCUT2D eigenvalue weighted by molar-refractivity contribution is 0.300. The zero-order valence-electron chi connectivity index (χ0n) is 19.3. The van der Waals surface area contributed by atoms with Gasteiger partial charge >= 0.3 is 0 Å². The average Bonchev–Trinajstić information content (AvgIpc) is 2.92. The van der Waals surface area contributed by atoms with Gasteiger partial charge in [0.25, 0.3) is 0 Å². The molecule has 0 unspecified atom stereocenters. The molecule has 6 aromatic rings. The second kappa shape index (κ2) is 9.56. The first kappa shape index (κ1) is 22.4. The molecule has 0 saturated carbocycles. The summed E-state index contributed by atoms with van der Waals surface area (Å²) in [6.07, 6.45) is 0. The van der Waals surface area contributed by atoms with E-state index < -0.39 is 0 Å². The predicted octanol–water partition coefficient (Wildman–Crippen LogP) is 9.20. The van der Waals surface area contributed by atoms with Crippen LogP contribution < -0.4 is 4.74 Å². The molecule has 2 nitrogen and oxygen atoms in total. The van der Waals surface area contributed by atoms with Gasteiger partial charge in [0.15, 0.2) is 0 Å². The quantitative estimate of drug-likeness (QED) is 0.206. The summed E-state index contributed by atoms with van der Waals surface area (Å²) < 4.78 is 20.9. The SMILES string of the molecule is Fc1ccccc1COc1ccc(-c2cc(-c3ccc(Br)cc3)nc3ccc4ccccc4c23)cc1. The third-order valence-electron chi connectivity index (χ3n) is 6.36. The summed E-state index contributed by atoms with van der Waals surface area (Å²) in [6, 6.07) is 37.6. The van der Waals surface area contributed by atoms with E-state index in [4.69, 9.17) is 9.72 Å². The third-order valence-corrected chi connectivity index (χ3v) is 6.88. The van der Waals surface area contributed by atoms with E-state index in [1.165, 1.54) is 16.8 Å². The van der Waals surface area contributed by atoms with E-state index in [1.807, 2.05) is 30.3 Å². The summed E-state index contributed by atoms with van der Waals surface area (Å²) >= 11 is 3.52. The van der Waals surface area contributed by atoms with Crippen molar-refractivity contribution in [2.24, 2.45) is 0 Å². The molecule has 0 bridgehead atoms. The summed E-state index contributed by atoms with van der Waals surface area (Å²) in [6.45, 7) is 0.183. The maximum absolute atomic E-state index is 14.0. The Balaban J connectivity index is 1.44. The van der Waals surface area contributed by atoms with Crippen LogP contribution in [0.25, 0.3) is 44.1 Å². The summed E-state index contributed by atoms with van der Waals surface area (Å²) in [5.41, 5.74) is 5.63. The van der Waals surface area contributed by atoms with Gasteiger partial charge < -0.3 is 4.74 Å². The van der Waals surface area contributed by atoms with Crippen LogP contribution in [-0.2, 0) is 6.61 Å². The zero-order valence-corrected chi connectivity index (χ0v) is 20.9. The number of ether oxygens (including phenoxy) is 1. The highest BCUT2D eigenvalue weighted by Crippen LogP contribution is 2.37. The molecule has 5 aromatic carbocycles. The largest absolute Gasteiger partial charge is 0.489 e. The summed E-state index contributed by atoms with van der Waals surface area (Å²) in [7, 11) is 0. The van der Waals surface area contributed by atoms with Crippen LogP contribution in [0.4, 0.5) is 4.39 Å². The molecule has 0 spiro atoms. The van der Waals surface area contributed by atoms with Crippen molar-refractivity contribution in [2.45, 2.75) is 6.61 Å². The minimum atomic E-state index is -0.260. The van der Waals surface area contributed by atoms with E-state index in [-0.39, 0.29) is 12.4 Å². The molecule has 0 aliphatic rings. The first-order valence-corrected chi connectivity index (χ1v) is 12.5. The van der Waals surface area contributed by atoms with E-state index in [1.54, 1.807) is 12.1 Å². The van der Waals surface area contributed by atoms with Crippen LogP contribution in [0.2, 0.25) is 0 Å². The topological polar surface area (TPSA) is 22.1 Å². The van der Waals surface area contributed by atoms with Crippen LogP contribution in [-0.4, -0.2) is 4.98 Å². The number of nitrogens with zero attached hydrogens (tertiary/aromatic N) is 1. The number of hydrogen-bond donors (Lipinski definition) is 0. The van der Waals surface area contributed by atoms with Gasteiger partial charge in [0.1, 0.15) is 18.2 Å². The van der Waals surface area contributed by atoms with Gasteiger partial charge in [-0.1, -0.05) is 88.7 Å². The Morgan fingerprint density at radius 2 is 1.44 bits per heavy atom. The first-order valence-electron chi connectivity index (χ1n) is 11.7. The Hall–Kier alpha value is -4.02. The number of halogens is 2. The highest BCUT2D eigenvalue weighted by atomic mass is 79.9. The highest BCUT2D eigenvalue weighted by molar-refractivity contribution is 9.10. The van der Waals surface area contributed by atoms with Gasteiger partial charge in [-0.15, -0.1) is 0 Å². The monoisotopic (exact) mass is 533 g/mol. The molecule has 0 amide bonds. The number of aromatic nitrogens is 1. The van der Waals surface area contributed by atoms with Crippen molar-refractivity contribution >= 4 is 37.6 Å². The summed E-state index contributed by atoms with van der Waals surface area (Å²) in [5, 5.41) is 3.46. The zero-order chi connectivity index (χ0) is 24.5. The average molecular weight is 534 g/mol. The Morgan fingerprint density at radius 1 is 0.722 bits per heavy atom. The minimum absolute atomic E-state index is 0.183. The van der Waals surface area contributed by atoms with Crippen LogP contribution in [0, 0.1) is 5.82 Å². The molecule has 4 heteroatoms. The molecule has 36 heavy (non-hydrogen) atoms. The molecule has 0 radical (unpaired) electrons. The Bertz CT molecular complexity index is 1690. The maximum Gasteiger partial charge on any atom is 0.129 e. The van der Waals surface area contributed by atoms with Gasteiger partial charge in [0.05, 0.1) is 11.2 Å². The predicted molar refractivity (Wildman–Crippen MR) is 149 cm³/mol. The number of fused-ring (bicyclic) bond motifs is 3. The lowest BCUT2D eigenvalue weighted by atomic mass is 9.94. The van der Waals surface area contributed by atoms with Gasteiger partial charge in [-0.25, -0.2) is 9.37 Å². The molecule has 1 aromatic heterocycles.